The molecule has 4 aromatic rings. The van der Waals surface area contributed by atoms with Gasteiger partial charge in [-0.15, -0.1) is 5.10 Å². The maximum absolute atomic E-state index is 14.4. The fraction of sp³-hybridized carbons (Fsp3) is 0.292. The largest absolute Gasteiger partial charge is 0.518 e. The molecule has 0 radical (unpaired) electrons. The van der Waals surface area contributed by atoms with Gasteiger partial charge in [-0.25, -0.2) is 14.2 Å². The SMILES string of the molecule is C[C@@H](Oc1cc(-c2c(CBr)nn(C)c2C#N)cnc1N)c1cc(F)ccc1-n1nc(O[Si](C)(C)C)[nH]c1=O. The number of benzene rings is 1. The number of rotatable bonds is 8. The molecule has 0 unspecified atom stereocenters. The van der Waals surface area contributed by atoms with Crippen molar-refractivity contribution in [1.29, 1.82) is 5.26 Å². The van der Waals surface area contributed by atoms with Gasteiger partial charge < -0.3 is 14.9 Å². The predicted octanol–water partition coefficient (Wildman–Crippen LogP) is 4.20. The fourth-order valence-electron chi connectivity index (χ4n) is 3.89. The molecule has 4 rings (SSSR count). The molecule has 0 amide bonds. The van der Waals surface area contributed by atoms with Crippen LogP contribution in [0.25, 0.3) is 16.8 Å². The first kappa shape index (κ1) is 27.1. The molecule has 1 aromatic carbocycles. The van der Waals surface area contributed by atoms with Gasteiger partial charge in [-0.2, -0.15) is 15.0 Å². The lowest BCUT2D eigenvalue weighted by Gasteiger charge is -2.19. The van der Waals surface area contributed by atoms with Gasteiger partial charge in [-0.05, 0) is 50.8 Å². The Bertz CT molecular complexity index is 1600. The Kier molecular flexibility index (Phi) is 7.43. The Balaban J connectivity index is 1.73. The maximum Gasteiger partial charge on any atom is 0.350 e. The number of halogens is 2. The summed E-state index contributed by atoms with van der Waals surface area (Å²) >= 11 is 3.41. The van der Waals surface area contributed by atoms with Gasteiger partial charge in [0.1, 0.15) is 23.7 Å². The Morgan fingerprint density at radius 3 is 2.68 bits per heavy atom. The van der Waals surface area contributed by atoms with Crippen LogP contribution in [0.5, 0.6) is 11.8 Å². The number of aryl methyl sites for hydroxylation is 1. The number of ether oxygens (including phenoxy) is 1. The van der Waals surface area contributed by atoms with E-state index in [9.17, 15) is 14.4 Å². The van der Waals surface area contributed by atoms with Crippen molar-refractivity contribution in [1.82, 2.24) is 29.5 Å². The van der Waals surface area contributed by atoms with Crippen LogP contribution in [-0.2, 0) is 12.4 Å². The topological polar surface area (TPSA) is 150 Å². The van der Waals surface area contributed by atoms with Gasteiger partial charge in [-0.3, -0.25) is 9.67 Å². The van der Waals surface area contributed by atoms with Gasteiger partial charge in [-0.1, -0.05) is 15.9 Å². The number of hydrogen-bond acceptors (Lipinski definition) is 8. The fourth-order valence-corrected chi connectivity index (χ4v) is 4.96. The number of H-pyrrole nitrogens is 1. The molecule has 0 fully saturated rings. The molecule has 3 N–H and O–H groups in total. The number of aromatic amines is 1. The van der Waals surface area contributed by atoms with Crippen LogP contribution < -0.4 is 20.6 Å². The summed E-state index contributed by atoms with van der Waals surface area (Å²) in [4.78, 5) is 19.5. The third-order valence-corrected chi connectivity index (χ3v) is 6.82. The average Bonchev–Trinajstić information content (AvgIpc) is 3.37. The van der Waals surface area contributed by atoms with Gasteiger partial charge in [0.2, 0.25) is 8.32 Å². The van der Waals surface area contributed by atoms with Crippen molar-refractivity contribution in [3.63, 3.8) is 0 Å². The number of aromatic nitrogens is 6. The zero-order valence-electron chi connectivity index (χ0n) is 21.4. The highest BCUT2D eigenvalue weighted by atomic mass is 79.9. The summed E-state index contributed by atoms with van der Waals surface area (Å²) in [6, 6.07) is 7.85. The minimum Gasteiger partial charge on any atom is -0.518 e. The van der Waals surface area contributed by atoms with Crippen molar-refractivity contribution in [3.8, 4) is 34.6 Å². The average molecular weight is 602 g/mol. The van der Waals surface area contributed by atoms with Crippen LogP contribution in [0, 0.1) is 17.1 Å². The first-order valence-corrected chi connectivity index (χ1v) is 16.1. The molecule has 0 saturated carbocycles. The summed E-state index contributed by atoms with van der Waals surface area (Å²) in [5.74, 6) is -0.197. The van der Waals surface area contributed by atoms with Gasteiger partial charge in [0, 0.05) is 35.3 Å². The van der Waals surface area contributed by atoms with Crippen molar-refractivity contribution >= 4 is 30.1 Å². The molecule has 3 heterocycles. The number of nitrogen functional groups attached to an aromatic ring is 1. The molecule has 3 aromatic heterocycles. The van der Waals surface area contributed by atoms with Crippen LogP contribution in [-0.4, -0.2) is 37.8 Å². The normalized spacial score (nSPS) is 12.3. The Morgan fingerprint density at radius 1 is 1.29 bits per heavy atom. The first-order chi connectivity index (χ1) is 17.9. The monoisotopic (exact) mass is 600 g/mol. The molecule has 14 heteroatoms. The smallest absolute Gasteiger partial charge is 0.350 e. The second kappa shape index (κ2) is 10.4. The zero-order chi connectivity index (χ0) is 27.8. The number of nitrogens with two attached hydrogens (primary N) is 1. The molecule has 0 aliphatic rings. The van der Waals surface area contributed by atoms with Crippen molar-refractivity contribution < 1.29 is 13.6 Å². The van der Waals surface area contributed by atoms with E-state index in [0.29, 0.717) is 39.1 Å². The Hall–Kier alpha value is -3.96. The van der Waals surface area contributed by atoms with E-state index in [-0.39, 0.29) is 17.6 Å². The number of hydrogen-bond donors (Lipinski definition) is 2. The van der Waals surface area contributed by atoms with Gasteiger partial charge >= 0.3 is 11.7 Å². The van der Waals surface area contributed by atoms with Crippen molar-refractivity contribution in [3.05, 3.63) is 63.7 Å². The Morgan fingerprint density at radius 2 is 2.03 bits per heavy atom. The van der Waals surface area contributed by atoms with E-state index in [0.717, 1.165) is 4.68 Å². The number of nitrogens with one attached hydrogen (secondary N) is 1. The number of nitriles is 1. The lowest BCUT2D eigenvalue weighted by Crippen LogP contribution is -2.30. The summed E-state index contributed by atoms with van der Waals surface area (Å²) < 4.78 is 28.9. The molecular weight excluding hydrogens is 575 g/mol. The van der Waals surface area contributed by atoms with Gasteiger partial charge in [0.05, 0.1) is 11.4 Å². The quantitative estimate of drug-likeness (QED) is 0.226. The molecule has 0 spiro atoms. The van der Waals surface area contributed by atoms with Crippen molar-refractivity contribution in [2.75, 3.05) is 5.73 Å². The lowest BCUT2D eigenvalue weighted by molar-refractivity contribution is 0.226. The van der Waals surface area contributed by atoms with E-state index in [2.05, 4.69) is 42.2 Å². The third kappa shape index (κ3) is 5.48. The first-order valence-electron chi connectivity index (χ1n) is 11.5. The number of pyridine rings is 1. The van der Waals surface area contributed by atoms with Crippen LogP contribution in [0.15, 0.2) is 35.3 Å². The summed E-state index contributed by atoms with van der Waals surface area (Å²) in [6.07, 6.45) is 0.762. The van der Waals surface area contributed by atoms with E-state index in [4.69, 9.17) is 14.9 Å². The molecule has 0 aliphatic carbocycles. The van der Waals surface area contributed by atoms with Crippen LogP contribution in [0.4, 0.5) is 10.2 Å². The van der Waals surface area contributed by atoms with E-state index >= 15 is 0 Å². The Labute approximate surface area is 227 Å². The van der Waals surface area contributed by atoms with E-state index in [1.165, 1.54) is 29.1 Å². The summed E-state index contributed by atoms with van der Waals surface area (Å²) in [6.45, 7) is 7.57. The minimum absolute atomic E-state index is 0.0894. The maximum atomic E-state index is 14.4. The predicted molar refractivity (Wildman–Crippen MR) is 145 cm³/mol. The third-order valence-electron chi connectivity index (χ3n) is 5.48. The molecule has 1 atom stereocenters. The summed E-state index contributed by atoms with van der Waals surface area (Å²) in [7, 11) is -0.355. The molecular formula is C24H26BrFN8O3Si. The molecule has 38 heavy (non-hydrogen) atoms. The molecule has 0 saturated heterocycles. The molecule has 0 aliphatic heterocycles. The van der Waals surface area contributed by atoms with Crippen molar-refractivity contribution in [2.24, 2.45) is 7.05 Å². The van der Waals surface area contributed by atoms with Crippen LogP contribution in [0.1, 0.15) is 30.0 Å². The standard InChI is InChI=1S/C24H26BrFN8O3Si/c1-13(16-9-15(26)6-7-18(16)34-24(35)30-23(32-34)37-38(3,4)5)36-20-8-14(12-29-22(20)28)21-17(10-25)31-33(2)19(21)11-27/h6-9,12-13H,10H2,1-5H3,(H2,28,29)(H,30,32,35)/t13-/m1/s1. The molecule has 198 valence electrons. The van der Waals surface area contributed by atoms with E-state index < -0.39 is 25.9 Å². The zero-order valence-corrected chi connectivity index (χ0v) is 24.0. The van der Waals surface area contributed by atoms with E-state index in [1.54, 1.807) is 20.0 Å². The van der Waals surface area contributed by atoms with Crippen LogP contribution in [0.2, 0.25) is 19.6 Å². The summed E-state index contributed by atoms with van der Waals surface area (Å²) in [5.41, 5.74) is 8.42. The van der Waals surface area contributed by atoms with Gasteiger partial charge in [0.15, 0.2) is 11.6 Å². The van der Waals surface area contributed by atoms with Crippen LogP contribution in [0.3, 0.4) is 0 Å². The van der Waals surface area contributed by atoms with E-state index in [1.807, 2.05) is 19.6 Å². The highest BCUT2D eigenvalue weighted by Crippen LogP contribution is 2.35. The lowest BCUT2D eigenvalue weighted by atomic mass is 10.1. The van der Waals surface area contributed by atoms with Crippen molar-refractivity contribution in [2.45, 2.75) is 38.0 Å². The highest BCUT2D eigenvalue weighted by Gasteiger charge is 2.24. The highest BCUT2D eigenvalue weighted by molar-refractivity contribution is 9.08. The van der Waals surface area contributed by atoms with Crippen LogP contribution >= 0.6 is 15.9 Å². The molecule has 11 nitrogen and oxygen atoms in total. The minimum atomic E-state index is -2.04. The summed E-state index contributed by atoms with van der Waals surface area (Å²) in [5, 5.41) is 18.7. The number of nitrogens with zero attached hydrogens (tertiary/aromatic N) is 6. The number of anilines is 1. The second-order valence-corrected chi connectivity index (χ2v) is 14.5. The van der Waals surface area contributed by atoms with Gasteiger partial charge in [0.25, 0.3) is 0 Å². The number of alkyl halides is 1. The molecule has 0 bridgehead atoms. The second-order valence-electron chi connectivity index (χ2n) is 9.47.